The van der Waals surface area contributed by atoms with Crippen LogP contribution in [0.4, 0.5) is 0 Å². The van der Waals surface area contributed by atoms with Crippen molar-refractivity contribution in [1.29, 1.82) is 0 Å². The molecule has 260 valence electrons. The second-order valence-electron chi connectivity index (χ2n) is 18.8. The second kappa shape index (κ2) is 12.4. The maximum Gasteiger partial charge on any atom is -1.00 e. The molecule has 0 aliphatic heterocycles. The van der Waals surface area contributed by atoms with Gasteiger partial charge < -0.3 is 24.8 Å². The van der Waals surface area contributed by atoms with Crippen molar-refractivity contribution in [2.45, 2.75) is 138 Å². The second-order valence-corrected chi connectivity index (χ2v) is 26.9. The van der Waals surface area contributed by atoms with E-state index >= 15 is 0 Å². The van der Waals surface area contributed by atoms with Crippen molar-refractivity contribution in [3.05, 3.63) is 85.3 Å². The van der Waals surface area contributed by atoms with E-state index in [2.05, 4.69) is 132 Å². The molecule has 3 heteroatoms. The standard InChI is InChI=1S/C29H37.C13H19.C3H6.2ClH.Zr/c1-18-25-22-17-19-13-9-10-14-20(19)24(22)21-15-11-12-16-23(21)29(25,8)28(6,7)27(4,5)26(18,2)3;1-11-6-7-12(10-11)13(2)8-4-3-5-9-13;1-3-2;;;/h9-11,13-15,23H,12,16-17H2,1-8H3;7,10-11H,3-5,8-9H2,1-2H3;1-2H3;2*1H;/q;;;;;+2/p-2. The van der Waals surface area contributed by atoms with Crippen molar-refractivity contribution >= 4 is 8.78 Å². The summed E-state index contributed by atoms with van der Waals surface area (Å²) in [5.74, 6) is 1.13. The molecule has 6 aliphatic rings. The number of halogens is 2. The van der Waals surface area contributed by atoms with Gasteiger partial charge in [-0.05, 0) is 0 Å². The molecule has 2 saturated carbocycles. The summed E-state index contributed by atoms with van der Waals surface area (Å²) in [6, 6.07) is 9.47. The molecule has 0 saturated heterocycles. The average Bonchev–Trinajstić information content (AvgIpc) is 3.57. The third-order valence-corrected chi connectivity index (χ3v) is 26.4. The van der Waals surface area contributed by atoms with Gasteiger partial charge in [0.15, 0.2) is 0 Å². The minimum Gasteiger partial charge on any atom is -1.00 e. The predicted molar refractivity (Wildman–Crippen MR) is 197 cm³/mol. The number of hydrogen-bond acceptors (Lipinski definition) is 0. The molecule has 2 fully saturated rings. The molecule has 4 unspecified atom stereocenters. The minimum atomic E-state index is -2.59. The number of fused-ring (bicyclic) bond motifs is 6. The first kappa shape index (κ1) is 38.5. The first-order chi connectivity index (χ1) is 21.5. The Morgan fingerprint density at radius 1 is 0.812 bits per heavy atom. The van der Waals surface area contributed by atoms with E-state index in [1.165, 1.54) is 50.5 Å². The summed E-state index contributed by atoms with van der Waals surface area (Å²) < 4.78 is 3.83. The van der Waals surface area contributed by atoms with Crippen LogP contribution in [0.2, 0.25) is 3.12 Å². The molecule has 0 N–H and O–H groups in total. The fourth-order valence-electron chi connectivity index (χ4n) is 12.4. The van der Waals surface area contributed by atoms with E-state index in [1.807, 2.05) is 8.85 Å². The molecule has 0 radical (unpaired) electrons. The molecule has 0 bridgehead atoms. The Kier molecular flexibility index (Phi) is 9.97. The van der Waals surface area contributed by atoms with E-state index in [9.17, 15) is 0 Å². The quantitative estimate of drug-likeness (QED) is 0.317. The van der Waals surface area contributed by atoms with Gasteiger partial charge in [-0.1, -0.05) is 0 Å². The van der Waals surface area contributed by atoms with Gasteiger partial charge in [-0.3, -0.25) is 0 Å². The Balaban J connectivity index is 0.00000225. The van der Waals surface area contributed by atoms with Crippen LogP contribution < -0.4 is 24.8 Å². The van der Waals surface area contributed by atoms with Crippen LogP contribution in [0.15, 0.2) is 74.1 Å². The molecule has 7 rings (SSSR count). The van der Waals surface area contributed by atoms with Gasteiger partial charge in [0.2, 0.25) is 0 Å². The van der Waals surface area contributed by atoms with Crippen LogP contribution in [-0.2, 0) is 27.7 Å². The van der Waals surface area contributed by atoms with Gasteiger partial charge in [-0.15, -0.1) is 0 Å². The average molecular weight is 765 g/mol. The van der Waals surface area contributed by atoms with Gasteiger partial charge in [0.1, 0.15) is 0 Å². The fraction of sp³-hybridized carbons (Fsp3) is 0.622. The first-order valence-electron chi connectivity index (χ1n) is 18.8. The minimum absolute atomic E-state index is 0. The van der Waals surface area contributed by atoms with Crippen LogP contribution >= 0.6 is 0 Å². The van der Waals surface area contributed by atoms with Gasteiger partial charge >= 0.3 is 292 Å². The topological polar surface area (TPSA) is 0 Å². The zero-order valence-electron chi connectivity index (χ0n) is 32.2. The molecule has 1 aromatic carbocycles. The predicted octanol–water partition coefficient (Wildman–Crippen LogP) is 6.82. The molecule has 4 atom stereocenters. The molecule has 0 aromatic heterocycles. The summed E-state index contributed by atoms with van der Waals surface area (Å²) in [4.78, 5) is 0. The summed E-state index contributed by atoms with van der Waals surface area (Å²) in [7, 11) is 0. The van der Waals surface area contributed by atoms with Gasteiger partial charge in [-0.25, -0.2) is 0 Å². The van der Waals surface area contributed by atoms with E-state index in [1.54, 1.807) is 31.1 Å². The van der Waals surface area contributed by atoms with Crippen LogP contribution in [0.5, 0.6) is 0 Å². The summed E-state index contributed by atoms with van der Waals surface area (Å²) in [5, 5.41) is 0. The summed E-state index contributed by atoms with van der Waals surface area (Å²) in [6.45, 7) is 32.1. The van der Waals surface area contributed by atoms with Crippen LogP contribution in [-0.4, -0.2) is 3.21 Å². The van der Waals surface area contributed by atoms with Crippen molar-refractivity contribution in [2.75, 3.05) is 0 Å². The SMILES string of the molecule is C[C](C)=[Zr+2]([C]1=CC(C2(C)CCCCC2)=CC1C)[C]1(C)C2=C3Cc4ccccc4C3=C3C=CCCC3C2(C)C(C)(C)C(C)(C)C1(C)C.[Cl-].[Cl-]. The van der Waals surface area contributed by atoms with Gasteiger partial charge in [0, 0.05) is 0 Å². The van der Waals surface area contributed by atoms with Gasteiger partial charge in [-0.2, -0.15) is 0 Å². The third-order valence-electron chi connectivity index (χ3n) is 16.4. The van der Waals surface area contributed by atoms with Crippen LogP contribution in [0.3, 0.4) is 0 Å². The van der Waals surface area contributed by atoms with E-state index < -0.39 is 21.3 Å². The van der Waals surface area contributed by atoms with E-state index in [4.69, 9.17) is 0 Å². The molecule has 0 spiro atoms. The Morgan fingerprint density at radius 3 is 2.10 bits per heavy atom. The van der Waals surface area contributed by atoms with Crippen LogP contribution in [0.1, 0.15) is 139 Å². The molecule has 0 nitrogen and oxygen atoms in total. The number of hydrogen-bond donors (Lipinski definition) is 0. The van der Waals surface area contributed by atoms with Crippen molar-refractivity contribution in [3.63, 3.8) is 0 Å². The Bertz CT molecular complexity index is 1690. The van der Waals surface area contributed by atoms with E-state index in [0.717, 1.165) is 6.42 Å². The number of allylic oxidation sites excluding steroid dienone is 10. The number of benzene rings is 1. The van der Waals surface area contributed by atoms with Crippen molar-refractivity contribution in [1.82, 2.24) is 0 Å². The molecular weight excluding hydrogens is 703 g/mol. The molecule has 6 aliphatic carbocycles. The summed E-state index contributed by atoms with van der Waals surface area (Å²) in [5.41, 5.74) is 12.6. The normalized spacial score (nSPS) is 33.1. The Hall–Kier alpha value is -0.747. The van der Waals surface area contributed by atoms with Crippen molar-refractivity contribution in [2.24, 2.45) is 38.9 Å². The van der Waals surface area contributed by atoms with E-state index in [-0.39, 0.29) is 49.6 Å². The molecule has 48 heavy (non-hydrogen) atoms. The van der Waals surface area contributed by atoms with Crippen LogP contribution in [0, 0.1) is 38.9 Å². The Labute approximate surface area is 314 Å². The zero-order chi connectivity index (χ0) is 33.2. The maximum absolute atomic E-state index is 2.85. The molecule has 0 amide bonds. The van der Waals surface area contributed by atoms with Crippen LogP contribution in [0.25, 0.3) is 5.57 Å². The summed E-state index contributed by atoms with van der Waals surface area (Å²) >= 11 is -2.59. The monoisotopic (exact) mass is 762 g/mol. The fourth-order valence-corrected chi connectivity index (χ4v) is 23.7. The van der Waals surface area contributed by atoms with E-state index in [0.29, 0.717) is 17.3 Å². The first-order valence-corrected chi connectivity index (χ1v) is 22.5. The molecular formula is C45H62Cl2Zr. The Morgan fingerprint density at radius 2 is 1.46 bits per heavy atom. The largest absolute Gasteiger partial charge is 1.00 e. The maximum atomic E-state index is 2.85. The van der Waals surface area contributed by atoms with Gasteiger partial charge in [0.05, 0.1) is 0 Å². The zero-order valence-corrected chi connectivity index (χ0v) is 36.2. The summed E-state index contributed by atoms with van der Waals surface area (Å²) in [6.07, 6.45) is 21.2. The van der Waals surface area contributed by atoms with Gasteiger partial charge in [0.25, 0.3) is 0 Å². The number of rotatable bonds is 3. The smallest absolute Gasteiger partial charge is 1.00 e. The third kappa shape index (κ3) is 4.70. The van der Waals surface area contributed by atoms with Crippen molar-refractivity contribution < 1.29 is 46.1 Å². The molecule has 1 aromatic rings. The molecule has 0 heterocycles. The van der Waals surface area contributed by atoms with Crippen molar-refractivity contribution in [3.8, 4) is 0 Å².